The van der Waals surface area contributed by atoms with Crippen LogP contribution in [0.5, 0.6) is 0 Å². The van der Waals surface area contributed by atoms with Gasteiger partial charge in [-0.15, -0.1) is 0 Å². The summed E-state index contributed by atoms with van der Waals surface area (Å²) in [4.78, 5) is 27.4. The highest BCUT2D eigenvalue weighted by molar-refractivity contribution is 5.96. The van der Waals surface area contributed by atoms with E-state index in [1.807, 2.05) is 36.4 Å². The molecule has 4 rings (SSSR count). The van der Waals surface area contributed by atoms with Crippen molar-refractivity contribution in [2.45, 2.75) is 123 Å². The minimum Gasteiger partial charge on any atom is -0.632 e. The molecule has 0 spiro atoms. The Bertz CT molecular complexity index is 1200. The highest BCUT2D eigenvalue weighted by Gasteiger charge is 2.43. The Hall–Kier alpha value is -2.78. The summed E-state index contributed by atoms with van der Waals surface area (Å²) in [5.74, 6) is 0.457. The molecule has 2 fully saturated rings. The molecule has 2 aromatic carbocycles. The SMILES string of the molecule is CC(C)c1cccc(C(C)C)c1NC(=O)[C@@H]1CCC[N+]1([O-])CCC[N+]1([O-])CCC[C@H]1C(=O)Nc1c(C(C)C)cccc1C(C)C. The molecule has 0 saturated carbocycles. The Morgan fingerprint density at radius 2 is 0.956 bits per heavy atom. The second-order valence-electron chi connectivity index (χ2n) is 14.7. The largest absolute Gasteiger partial charge is 0.632 e. The summed E-state index contributed by atoms with van der Waals surface area (Å²) in [7, 11) is 0. The van der Waals surface area contributed by atoms with Gasteiger partial charge in [0.25, 0.3) is 11.8 Å². The van der Waals surface area contributed by atoms with E-state index in [0.29, 0.717) is 45.2 Å². The minimum absolute atomic E-state index is 0.200. The first-order chi connectivity index (χ1) is 21.2. The number of hydrogen-bond donors (Lipinski definition) is 2. The monoisotopic (exact) mass is 620 g/mol. The van der Waals surface area contributed by atoms with Gasteiger partial charge in [-0.05, 0) is 45.9 Å². The van der Waals surface area contributed by atoms with Gasteiger partial charge in [0.2, 0.25) is 0 Å². The summed E-state index contributed by atoms with van der Waals surface area (Å²) in [6, 6.07) is 10.8. The molecule has 2 unspecified atom stereocenters. The maximum absolute atomic E-state index is 14.1. The van der Waals surface area contributed by atoms with E-state index in [1.54, 1.807) is 0 Å². The molecule has 2 N–H and O–H groups in total. The van der Waals surface area contributed by atoms with Crippen molar-refractivity contribution < 1.29 is 18.9 Å². The fourth-order valence-corrected chi connectivity index (χ4v) is 7.52. The fourth-order valence-electron chi connectivity index (χ4n) is 7.52. The average Bonchev–Trinajstić information content (AvgIpc) is 3.55. The van der Waals surface area contributed by atoms with E-state index < -0.39 is 21.4 Å². The number of anilines is 2. The first-order valence-electron chi connectivity index (χ1n) is 17.2. The molecule has 2 aliphatic rings. The van der Waals surface area contributed by atoms with E-state index in [2.05, 4.69) is 66.0 Å². The molecule has 2 saturated heterocycles. The smallest absolute Gasteiger partial charge is 0.283 e. The van der Waals surface area contributed by atoms with Crippen LogP contribution in [0.3, 0.4) is 0 Å². The van der Waals surface area contributed by atoms with Crippen LogP contribution in [-0.2, 0) is 9.59 Å². The van der Waals surface area contributed by atoms with Crippen LogP contribution < -0.4 is 10.6 Å². The number of benzene rings is 2. The number of amides is 2. The average molecular weight is 621 g/mol. The molecule has 2 heterocycles. The first kappa shape index (κ1) is 35.1. The Morgan fingerprint density at radius 3 is 1.24 bits per heavy atom. The number of quaternary nitrogens is 2. The Labute approximate surface area is 270 Å². The van der Waals surface area contributed by atoms with Crippen LogP contribution in [0, 0.1) is 10.4 Å². The van der Waals surface area contributed by atoms with Gasteiger partial charge in [0.05, 0.1) is 26.2 Å². The van der Waals surface area contributed by atoms with Crippen molar-refractivity contribution in [3.8, 4) is 0 Å². The van der Waals surface area contributed by atoms with Gasteiger partial charge in [-0.25, -0.2) is 0 Å². The number of rotatable bonds is 12. The van der Waals surface area contributed by atoms with E-state index in [-0.39, 0.29) is 48.6 Å². The van der Waals surface area contributed by atoms with Crippen molar-refractivity contribution >= 4 is 23.2 Å². The van der Waals surface area contributed by atoms with E-state index in [4.69, 9.17) is 0 Å². The molecule has 0 radical (unpaired) electrons. The fraction of sp³-hybridized carbons (Fsp3) is 0.622. The molecule has 2 aliphatic heterocycles. The number of nitrogens with zero attached hydrogens (tertiary/aromatic N) is 2. The number of carbonyl (C=O) groups is 2. The number of hydroxylamine groups is 6. The van der Waals surface area contributed by atoms with E-state index in [0.717, 1.165) is 33.6 Å². The lowest BCUT2D eigenvalue weighted by Gasteiger charge is -2.46. The second-order valence-corrected chi connectivity index (χ2v) is 14.7. The lowest BCUT2D eigenvalue weighted by Crippen LogP contribution is -2.56. The Kier molecular flexibility index (Phi) is 11.2. The van der Waals surface area contributed by atoms with Crippen molar-refractivity contribution in [1.29, 1.82) is 0 Å². The van der Waals surface area contributed by atoms with Crippen molar-refractivity contribution in [3.05, 3.63) is 69.1 Å². The zero-order chi connectivity index (χ0) is 33.1. The third-order valence-electron chi connectivity index (χ3n) is 10.1. The van der Waals surface area contributed by atoms with Gasteiger partial charge in [0.1, 0.15) is 0 Å². The second kappa shape index (κ2) is 14.3. The van der Waals surface area contributed by atoms with Crippen molar-refractivity contribution in [2.24, 2.45) is 0 Å². The Morgan fingerprint density at radius 1 is 0.644 bits per heavy atom. The zero-order valence-electron chi connectivity index (χ0n) is 28.8. The van der Waals surface area contributed by atoms with Crippen LogP contribution in [0.4, 0.5) is 11.4 Å². The molecule has 0 bridgehead atoms. The standard InChI is InChI=1S/C37H56N4O4/c1-24(2)28-14-9-15-29(25(3)4)34(28)38-36(42)32-18-11-20-40(32,44)22-13-23-41(45)21-12-19-33(41)37(43)39-35-30(26(5)6)16-10-17-31(35)27(7)8/h9-10,14-17,24-27,32-33H,11-13,18-23H2,1-8H3,(H,38,42)(H,39,43)/t32-,33-,40?,41?/m0/s1. The molecule has 4 atom stereocenters. The number of para-hydroxylation sites is 2. The third-order valence-corrected chi connectivity index (χ3v) is 10.1. The van der Waals surface area contributed by atoms with Crippen LogP contribution in [0.2, 0.25) is 0 Å². The van der Waals surface area contributed by atoms with Gasteiger partial charge in [-0.2, -0.15) is 0 Å². The summed E-state index contributed by atoms with van der Waals surface area (Å²) >= 11 is 0. The maximum atomic E-state index is 14.1. The molecule has 8 heteroatoms. The molecular weight excluding hydrogens is 564 g/mol. The van der Waals surface area contributed by atoms with Gasteiger partial charge in [-0.1, -0.05) is 91.8 Å². The molecule has 2 aromatic rings. The van der Waals surface area contributed by atoms with Crippen LogP contribution >= 0.6 is 0 Å². The van der Waals surface area contributed by atoms with Crippen molar-refractivity contribution in [3.63, 3.8) is 0 Å². The molecule has 45 heavy (non-hydrogen) atoms. The van der Waals surface area contributed by atoms with Crippen molar-refractivity contribution in [1.82, 2.24) is 0 Å². The summed E-state index contributed by atoms with van der Waals surface area (Å²) in [5.41, 5.74) is 5.96. The molecule has 2 amide bonds. The van der Waals surface area contributed by atoms with Crippen molar-refractivity contribution in [2.75, 3.05) is 36.8 Å². The summed E-state index contributed by atoms with van der Waals surface area (Å²) < 4.78 is -1.22. The van der Waals surface area contributed by atoms with Crippen LogP contribution in [0.15, 0.2) is 36.4 Å². The molecular formula is C37H56N4O4. The summed E-state index contributed by atoms with van der Waals surface area (Å²) in [6.45, 7) is 18.0. The zero-order valence-corrected chi connectivity index (χ0v) is 28.8. The summed E-state index contributed by atoms with van der Waals surface area (Å²) in [5, 5.41) is 34.6. The predicted octanol–water partition coefficient (Wildman–Crippen LogP) is 8.10. The molecule has 248 valence electrons. The number of carbonyl (C=O) groups excluding carboxylic acids is 2. The minimum atomic E-state index is -0.704. The first-order valence-corrected chi connectivity index (χ1v) is 17.2. The highest BCUT2D eigenvalue weighted by atomic mass is 16.6. The van der Waals surface area contributed by atoms with E-state index in [9.17, 15) is 20.0 Å². The predicted molar refractivity (Wildman–Crippen MR) is 184 cm³/mol. The molecule has 8 nitrogen and oxygen atoms in total. The molecule has 0 aliphatic carbocycles. The topological polar surface area (TPSA) is 104 Å². The van der Waals surface area contributed by atoms with Gasteiger partial charge >= 0.3 is 0 Å². The van der Waals surface area contributed by atoms with Gasteiger partial charge in [0.15, 0.2) is 12.1 Å². The number of nitrogens with one attached hydrogen (secondary N) is 2. The number of hydrogen-bond acceptors (Lipinski definition) is 4. The summed E-state index contributed by atoms with van der Waals surface area (Å²) in [6.07, 6.45) is 2.80. The lowest BCUT2D eigenvalue weighted by molar-refractivity contribution is -0.902. The maximum Gasteiger partial charge on any atom is 0.283 e. The third kappa shape index (κ3) is 7.62. The Balaban J connectivity index is 1.45. The normalized spacial score (nSPS) is 25.1. The van der Waals surface area contributed by atoms with E-state index >= 15 is 0 Å². The highest BCUT2D eigenvalue weighted by Crippen LogP contribution is 2.36. The van der Waals surface area contributed by atoms with Gasteiger partial charge in [-0.3, -0.25) is 9.59 Å². The molecule has 0 aromatic heterocycles. The lowest BCUT2D eigenvalue weighted by atomic mass is 9.92. The van der Waals surface area contributed by atoms with Gasteiger partial charge in [0, 0.05) is 43.5 Å². The van der Waals surface area contributed by atoms with Crippen LogP contribution in [0.1, 0.15) is 133 Å². The van der Waals surface area contributed by atoms with E-state index in [1.165, 1.54) is 0 Å². The number of likely N-dealkylation sites (tertiary alicyclic amines) is 2. The van der Waals surface area contributed by atoms with Crippen LogP contribution in [0.25, 0.3) is 0 Å². The van der Waals surface area contributed by atoms with Crippen LogP contribution in [-0.4, -0.2) is 59.4 Å². The quantitative estimate of drug-likeness (QED) is 0.185. The van der Waals surface area contributed by atoms with Gasteiger partial charge < -0.3 is 30.3 Å².